The number of benzene rings is 1. The Hall–Kier alpha value is -2.93. The molecule has 2 amide bonds. The summed E-state index contributed by atoms with van der Waals surface area (Å²) >= 11 is 0. The molecule has 1 N–H and O–H groups in total. The van der Waals surface area contributed by atoms with Gasteiger partial charge in [0.2, 0.25) is 5.91 Å². The average Bonchev–Trinajstić information content (AvgIpc) is 3.30. The van der Waals surface area contributed by atoms with Gasteiger partial charge in [-0.3, -0.25) is 14.6 Å². The lowest BCUT2D eigenvalue weighted by Gasteiger charge is -2.38. The SMILES string of the molecule is CN(C(=O)c1ccc2c(c1)[C@H](NC(=O)C1CCOCC1)CC2)C1CCN(c2ccncc2)CC1. The normalized spacial score (nSPS) is 21.2. The molecule has 7 nitrogen and oxygen atoms in total. The second-order valence-electron chi connectivity index (χ2n) is 9.74. The van der Waals surface area contributed by atoms with Crippen molar-refractivity contribution in [2.24, 2.45) is 5.92 Å². The van der Waals surface area contributed by atoms with Gasteiger partial charge in [0.1, 0.15) is 0 Å². The molecule has 0 saturated carbocycles. The summed E-state index contributed by atoms with van der Waals surface area (Å²) in [7, 11) is 1.92. The molecule has 3 heterocycles. The molecule has 3 aliphatic rings. The minimum atomic E-state index is -0.00741. The summed E-state index contributed by atoms with van der Waals surface area (Å²) in [6.07, 6.45) is 8.94. The molecule has 180 valence electrons. The molecule has 1 aromatic carbocycles. The van der Waals surface area contributed by atoms with Gasteiger partial charge in [0.25, 0.3) is 5.91 Å². The molecule has 0 unspecified atom stereocenters. The highest BCUT2D eigenvalue weighted by atomic mass is 16.5. The van der Waals surface area contributed by atoms with E-state index < -0.39 is 0 Å². The van der Waals surface area contributed by atoms with Crippen LogP contribution in [0.5, 0.6) is 0 Å². The number of amides is 2. The van der Waals surface area contributed by atoms with Crippen molar-refractivity contribution in [3.63, 3.8) is 0 Å². The Morgan fingerprint density at radius 3 is 2.50 bits per heavy atom. The highest BCUT2D eigenvalue weighted by Crippen LogP contribution is 2.33. The molecule has 1 atom stereocenters. The maximum absolute atomic E-state index is 13.4. The topological polar surface area (TPSA) is 74.8 Å². The van der Waals surface area contributed by atoms with E-state index in [2.05, 4.69) is 21.3 Å². The van der Waals surface area contributed by atoms with Crippen molar-refractivity contribution in [3.05, 3.63) is 59.4 Å². The van der Waals surface area contributed by atoms with E-state index in [0.29, 0.717) is 18.8 Å². The van der Waals surface area contributed by atoms with Gasteiger partial charge in [-0.2, -0.15) is 0 Å². The van der Waals surface area contributed by atoms with Crippen molar-refractivity contribution < 1.29 is 14.3 Å². The van der Waals surface area contributed by atoms with Gasteiger partial charge in [0, 0.05) is 69.0 Å². The molecule has 2 fully saturated rings. The van der Waals surface area contributed by atoms with Crippen molar-refractivity contribution in [1.82, 2.24) is 15.2 Å². The standard InChI is InChI=1S/C27H34N4O3/c1-30(22-8-14-31(15-9-22)23-6-12-28-13-7-23)27(33)21-3-2-19-4-5-25(24(19)18-21)29-26(32)20-10-16-34-17-11-20/h2-3,6-7,12-13,18,20,22,25H,4-5,8-11,14-17H2,1H3,(H,29,32)/t25-/m1/s1. The van der Waals surface area contributed by atoms with Gasteiger partial charge in [-0.25, -0.2) is 0 Å². The number of hydrogen-bond donors (Lipinski definition) is 1. The zero-order valence-corrected chi connectivity index (χ0v) is 19.9. The lowest BCUT2D eigenvalue weighted by Crippen LogP contribution is -2.45. The number of rotatable bonds is 5. The lowest BCUT2D eigenvalue weighted by atomic mass is 9.97. The first-order chi connectivity index (χ1) is 16.6. The number of carbonyl (C=O) groups excluding carboxylic acids is 2. The molecule has 1 aliphatic carbocycles. The van der Waals surface area contributed by atoms with E-state index >= 15 is 0 Å². The van der Waals surface area contributed by atoms with Crippen LogP contribution < -0.4 is 10.2 Å². The number of aryl methyl sites for hydroxylation is 1. The van der Waals surface area contributed by atoms with Crippen LogP contribution in [0.15, 0.2) is 42.7 Å². The Balaban J connectivity index is 1.22. The van der Waals surface area contributed by atoms with Crippen LogP contribution in [-0.4, -0.2) is 61.1 Å². The van der Waals surface area contributed by atoms with Gasteiger partial charge < -0.3 is 19.9 Å². The van der Waals surface area contributed by atoms with E-state index in [1.54, 1.807) is 0 Å². The van der Waals surface area contributed by atoms with Crippen molar-refractivity contribution in [3.8, 4) is 0 Å². The van der Waals surface area contributed by atoms with Crippen LogP contribution in [0.4, 0.5) is 5.69 Å². The van der Waals surface area contributed by atoms with Crippen LogP contribution in [0.3, 0.4) is 0 Å². The molecule has 2 aromatic rings. The molecule has 1 aromatic heterocycles. The maximum Gasteiger partial charge on any atom is 0.253 e. The molecule has 0 radical (unpaired) electrons. The highest BCUT2D eigenvalue weighted by molar-refractivity contribution is 5.94. The Morgan fingerprint density at radius 1 is 1.03 bits per heavy atom. The third kappa shape index (κ3) is 4.80. The second kappa shape index (κ2) is 10.1. The van der Waals surface area contributed by atoms with Gasteiger partial charge in [-0.15, -0.1) is 0 Å². The third-order valence-electron chi connectivity index (χ3n) is 7.74. The zero-order chi connectivity index (χ0) is 23.5. The molecular formula is C27H34N4O3. The van der Waals surface area contributed by atoms with Gasteiger partial charge in [-0.05, 0) is 73.9 Å². The van der Waals surface area contributed by atoms with E-state index in [1.807, 2.05) is 48.6 Å². The largest absolute Gasteiger partial charge is 0.381 e. The fourth-order valence-corrected chi connectivity index (χ4v) is 5.57. The number of pyridine rings is 1. The molecule has 0 spiro atoms. The number of nitrogens with one attached hydrogen (secondary N) is 1. The number of hydrogen-bond acceptors (Lipinski definition) is 5. The fraction of sp³-hybridized carbons (Fsp3) is 0.519. The minimum Gasteiger partial charge on any atom is -0.381 e. The van der Waals surface area contributed by atoms with Crippen LogP contribution in [0.1, 0.15) is 59.6 Å². The summed E-state index contributed by atoms with van der Waals surface area (Å²) in [6, 6.07) is 10.3. The fourth-order valence-electron chi connectivity index (χ4n) is 5.57. The predicted molar refractivity (Wildman–Crippen MR) is 131 cm³/mol. The average molecular weight is 463 g/mol. The van der Waals surface area contributed by atoms with E-state index in [-0.39, 0.29) is 29.8 Å². The van der Waals surface area contributed by atoms with Crippen molar-refractivity contribution in [2.45, 2.75) is 50.6 Å². The summed E-state index contributed by atoms with van der Waals surface area (Å²) in [4.78, 5) is 34.5. The van der Waals surface area contributed by atoms with Gasteiger partial charge in [0.15, 0.2) is 0 Å². The smallest absolute Gasteiger partial charge is 0.253 e. The number of anilines is 1. The zero-order valence-electron chi connectivity index (χ0n) is 19.9. The van der Waals surface area contributed by atoms with Crippen molar-refractivity contribution >= 4 is 17.5 Å². The number of piperidine rings is 1. The number of ether oxygens (including phenoxy) is 1. The van der Waals surface area contributed by atoms with Gasteiger partial charge in [0.05, 0.1) is 6.04 Å². The molecular weight excluding hydrogens is 428 g/mol. The summed E-state index contributed by atoms with van der Waals surface area (Å²) in [5.41, 5.74) is 4.24. The Bertz CT molecular complexity index is 1010. The van der Waals surface area contributed by atoms with Crippen LogP contribution in [0, 0.1) is 5.92 Å². The first-order valence-corrected chi connectivity index (χ1v) is 12.5. The Kier molecular flexibility index (Phi) is 6.81. The predicted octanol–water partition coefficient (Wildman–Crippen LogP) is 3.35. The minimum absolute atomic E-state index is 0.00741. The molecule has 2 aliphatic heterocycles. The third-order valence-corrected chi connectivity index (χ3v) is 7.74. The summed E-state index contributed by atoms with van der Waals surface area (Å²) < 4.78 is 5.39. The van der Waals surface area contributed by atoms with Crippen LogP contribution in [0.25, 0.3) is 0 Å². The lowest BCUT2D eigenvalue weighted by molar-refractivity contribution is -0.128. The first-order valence-electron chi connectivity index (χ1n) is 12.5. The van der Waals surface area contributed by atoms with Crippen LogP contribution >= 0.6 is 0 Å². The van der Waals surface area contributed by atoms with Crippen molar-refractivity contribution in [2.75, 3.05) is 38.3 Å². The molecule has 2 saturated heterocycles. The quantitative estimate of drug-likeness (QED) is 0.738. The summed E-state index contributed by atoms with van der Waals surface area (Å²) in [5.74, 6) is 0.217. The number of aromatic nitrogens is 1. The van der Waals surface area contributed by atoms with E-state index in [4.69, 9.17) is 4.74 Å². The number of carbonyl (C=O) groups is 2. The number of nitrogens with zero attached hydrogens (tertiary/aromatic N) is 3. The first kappa shape index (κ1) is 22.8. The summed E-state index contributed by atoms with van der Waals surface area (Å²) in [6.45, 7) is 3.17. The monoisotopic (exact) mass is 462 g/mol. The molecule has 7 heteroatoms. The Labute approximate surface area is 201 Å². The van der Waals surface area contributed by atoms with Crippen LogP contribution in [-0.2, 0) is 16.0 Å². The van der Waals surface area contributed by atoms with E-state index in [0.717, 1.165) is 57.2 Å². The van der Waals surface area contributed by atoms with Crippen LogP contribution in [0.2, 0.25) is 0 Å². The number of fused-ring (bicyclic) bond motifs is 1. The second-order valence-corrected chi connectivity index (χ2v) is 9.74. The van der Waals surface area contributed by atoms with E-state index in [1.165, 1.54) is 11.3 Å². The van der Waals surface area contributed by atoms with Crippen molar-refractivity contribution in [1.29, 1.82) is 0 Å². The maximum atomic E-state index is 13.4. The van der Waals surface area contributed by atoms with Gasteiger partial charge >= 0.3 is 0 Å². The highest BCUT2D eigenvalue weighted by Gasteiger charge is 2.30. The summed E-state index contributed by atoms with van der Waals surface area (Å²) in [5, 5.41) is 3.25. The molecule has 34 heavy (non-hydrogen) atoms. The Morgan fingerprint density at radius 2 is 1.76 bits per heavy atom. The van der Waals surface area contributed by atoms with E-state index in [9.17, 15) is 9.59 Å². The molecule has 0 bridgehead atoms. The van der Waals surface area contributed by atoms with Gasteiger partial charge in [-0.1, -0.05) is 6.07 Å². The molecule has 5 rings (SSSR count).